The molecule has 1 saturated carbocycles. The maximum absolute atomic E-state index is 12.4. The maximum atomic E-state index is 12.4. The van der Waals surface area contributed by atoms with E-state index < -0.39 is 0 Å². The van der Waals surface area contributed by atoms with Crippen LogP contribution >= 0.6 is 0 Å². The maximum Gasteiger partial charge on any atom is 0.272 e. The van der Waals surface area contributed by atoms with Crippen LogP contribution < -0.4 is 0 Å². The van der Waals surface area contributed by atoms with Crippen molar-refractivity contribution in [1.82, 2.24) is 14.8 Å². The van der Waals surface area contributed by atoms with Gasteiger partial charge in [0.25, 0.3) is 5.91 Å². The van der Waals surface area contributed by atoms with Crippen LogP contribution in [0.4, 0.5) is 0 Å². The molecule has 110 valence electrons. The largest absolute Gasteiger partial charge is 0.384 e. The summed E-state index contributed by atoms with van der Waals surface area (Å²) in [5.74, 6) is 5.33. The molecule has 21 heavy (non-hydrogen) atoms. The first-order valence-electron chi connectivity index (χ1n) is 7.37. The van der Waals surface area contributed by atoms with Crippen LogP contribution in [0.1, 0.15) is 28.9 Å². The molecule has 1 amide bonds. The smallest absolute Gasteiger partial charge is 0.272 e. The van der Waals surface area contributed by atoms with Gasteiger partial charge in [-0.15, -0.1) is 0 Å². The van der Waals surface area contributed by atoms with E-state index in [2.05, 4.69) is 21.7 Å². The summed E-state index contributed by atoms with van der Waals surface area (Å²) in [5.41, 5.74) is 1.17. The predicted molar refractivity (Wildman–Crippen MR) is 78.7 cm³/mol. The predicted octanol–water partition coefficient (Wildman–Crippen LogP) is 0.346. The van der Waals surface area contributed by atoms with Crippen LogP contribution in [0.2, 0.25) is 0 Å². The highest BCUT2D eigenvalue weighted by molar-refractivity contribution is 5.92. The Kier molecular flexibility index (Phi) is 4.18. The second-order valence-corrected chi connectivity index (χ2v) is 5.45. The molecule has 0 unspecified atom stereocenters. The van der Waals surface area contributed by atoms with Crippen LogP contribution in [0, 0.1) is 11.8 Å². The van der Waals surface area contributed by atoms with Crippen LogP contribution in [0.25, 0.3) is 0 Å². The van der Waals surface area contributed by atoms with Crippen molar-refractivity contribution in [2.24, 2.45) is 0 Å². The van der Waals surface area contributed by atoms with Crippen LogP contribution in [0.5, 0.6) is 0 Å². The molecule has 1 saturated heterocycles. The molecule has 1 N–H and O–H groups in total. The number of hydrogen-bond donors (Lipinski definition) is 1. The molecule has 1 aromatic rings. The molecule has 2 heterocycles. The number of aromatic nitrogens is 1. The molecule has 2 fully saturated rings. The van der Waals surface area contributed by atoms with Gasteiger partial charge in [-0.3, -0.25) is 9.69 Å². The first-order chi connectivity index (χ1) is 10.3. The Morgan fingerprint density at radius 3 is 2.62 bits per heavy atom. The summed E-state index contributed by atoms with van der Waals surface area (Å²) in [5, 5.41) is 8.65. The number of carbonyl (C=O) groups is 1. The van der Waals surface area contributed by atoms with Crippen molar-refractivity contribution in [1.29, 1.82) is 0 Å². The summed E-state index contributed by atoms with van der Waals surface area (Å²) in [6, 6.07) is 4.24. The van der Waals surface area contributed by atoms with Gasteiger partial charge in [0.05, 0.1) is 0 Å². The van der Waals surface area contributed by atoms with Crippen LogP contribution in [0.3, 0.4) is 0 Å². The van der Waals surface area contributed by atoms with Crippen molar-refractivity contribution >= 4 is 5.91 Å². The standard InChI is InChI=1S/C16H19N3O2/c20-11-1-2-13-3-6-15(17-12-13)16(21)19-9-7-18(8-10-19)14-4-5-14/h3,6,12,14,20H,4-5,7-11H2. The zero-order valence-corrected chi connectivity index (χ0v) is 12.0. The van der Waals surface area contributed by atoms with Crippen LogP contribution in [-0.2, 0) is 0 Å². The number of pyridine rings is 1. The highest BCUT2D eigenvalue weighted by atomic mass is 16.2. The van der Waals surface area contributed by atoms with Crippen LogP contribution in [-0.4, -0.2) is 64.6 Å². The van der Waals surface area contributed by atoms with Crippen molar-refractivity contribution in [2.75, 3.05) is 32.8 Å². The number of rotatable bonds is 2. The molecule has 2 aliphatic rings. The number of aliphatic hydroxyl groups is 1. The molecule has 0 bridgehead atoms. The normalized spacial score (nSPS) is 19.0. The molecule has 3 rings (SSSR count). The molecule has 0 spiro atoms. The summed E-state index contributed by atoms with van der Waals surface area (Å²) in [4.78, 5) is 20.9. The molecule has 1 aliphatic heterocycles. The zero-order chi connectivity index (χ0) is 14.7. The van der Waals surface area contributed by atoms with E-state index in [0.717, 1.165) is 32.2 Å². The molecular weight excluding hydrogens is 266 g/mol. The Morgan fingerprint density at radius 2 is 2.05 bits per heavy atom. The lowest BCUT2D eigenvalue weighted by Gasteiger charge is -2.34. The first-order valence-corrected chi connectivity index (χ1v) is 7.37. The molecule has 5 heteroatoms. The number of aliphatic hydroxyl groups excluding tert-OH is 1. The van der Waals surface area contributed by atoms with Gasteiger partial charge >= 0.3 is 0 Å². The first kappa shape index (κ1) is 14.1. The molecular formula is C16H19N3O2. The summed E-state index contributed by atoms with van der Waals surface area (Å²) >= 11 is 0. The second kappa shape index (κ2) is 6.25. The minimum atomic E-state index is -0.175. The topological polar surface area (TPSA) is 56.7 Å². The molecule has 0 aromatic carbocycles. The van der Waals surface area contributed by atoms with E-state index in [0.29, 0.717) is 11.3 Å². The van der Waals surface area contributed by atoms with Gasteiger partial charge in [0.1, 0.15) is 12.3 Å². The van der Waals surface area contributed by atoms with Crippen molar-refractivity contribution in [3.8, 4) is 11.8 Å². The number of carbonyl (C=O) groups excluding carboxylic acids is 1. The highest BCUT2D eigenvalue weighted by Crippen LogP contribution is 2.27. The summed E-state index contributed by atoms with van der Waals surface area (Å²) < 4.78 is 0. The Balaban J connectivity index is 1.59. The Labute approximate surface area is 124 Å². The fraction of sp³-hybridized carbons (Fsp3) is 0.500. The van der Waals surface area contributed by atoms with Crippen molar-refractivity contribution in [3.63, 3.8) is 0 Å². The number of piperazine rings is 1. The van der Waals surface area contributed by atoms with Gasteiger partial charge in [0.2, 0.25) is 0 Å². The number of amides is 1. The SMILES string of the molecule is O=C(c1ccc(C#CCO)cn1)N1CCN(C2CC2)CC1. The van der Waals surface area contributed by atoms with Crippen LogP contribution in [0.15, 0.2) is 18.3 Å². The van der Waals surface area contributed by atoms with E-state index >= 15 is 0 Å². The Morgan fingerprint density at radius 1 is 1.29 bits per heavy atom. The van der Waals surface area contributed by atoms with E-state index in [-0.39, 0.29) is 12.5 Å². The van der Waals surface area contributed by atoms with Gasteiger partial charge in [-0.1, -0.05) is 11.8 Å². The van der Waals surface area contributed by atoms with Gasteiger partial charge in [-0.2, -0.15) is 0 Å². The van der Waals surface area contributed by atoms with E-state index in [1.54, 1.807) is 18.3 Å². The lowest BCUT2D eigenvalue weighted by atomic mass is 10.2. The number of nitrogens with zero attached hydrogens (tertiary/aromatic N) is 3. The summed E-state index contributed by atoms with van der Waals surface area (Å²) in [6.07, 6.45) is 4.20. The quantitative estimate of drug-likeness (QED) is 0.797. The fourth-order valence-electron chi connectivity index (χ4n) is 2.63. The van der Waals surface area contributed by atoms with Gasteiger partial charge < -0.3 is 10.0 Å². The molecule has 1 aromatic heterocycles. The third-order valence-corrected chi connectivity index (χ3v) is 3.96. The Bertz CT molecular complexity index is 561. The minimum Gasteiger partial charge on any atom is -0.384 e. The van der Waals surface area contributed by atoms with Crippen molar-refractivity contribution < 1.29 is 9.90 Å². The van der Waals surface area contributed by atoms with Gasteiger partial charge in [-0.25, -0.2) is 4.98 Å². The van der Waals surface area contributed by atoms with E-state index in [1.807, 2.05) is 4.90 Å². The Hall–Kier alpha value is -1.90. The lowest BCUT2D eigenvalue weighted by Crippen LogP contribution is -2.49. The minimum absolute atomic E-state index is 0.00730. The average Bonchev–Trinajstić information content (AvgIpc) is 3.38. The monoisotopic (exact) mass is 285 g/mol. The van der Waals surface area contributed by atoms with Crippen molar-refractivity contribution in [2.45, 2.75) is 18.9 Å². The molecule has 5 nitrogen and oxygen atoms in total. The van der Waals surface area contributed by atoms with Gasteiger partial charge in [0, 0.05) is 44.0 Å². The van der Waals surface area contributed by atoms with E-state index in [1.165, 1.54) is 12.8 Å². The van der Waals surface area contributed by atoms with E-state index in [4.69, 9.17) is 5.11 Å². The second-order valence-electron chi connectivity index (χ2n) is 5.45. The van der Waals surface area contributed by atoms with Gasteiger partial charge in [-0.05, 0) is 25.0 Å². The molecule has 0 atom stereocenters. The average molecular weight is 285 g/mol. The molecule has 1 aliphatic carbocycles. The van der Waals surface area contributed by atoms with E-state index in [9.17, 15) is 4.79 Å². The highest BCUT2D eigenvalue weighted by Gasteiger charge is 2.32. The molecule has 0 radical (unpaired) electrons. The summed E-state index contributed by atoms with van der Waals surface area (Å²) in [7, 11) is 0. The number of hydrogen-bond acceptors (Lipinski definition) is 4. The lowest BCUT2D eigenvalue weighted by molar-refractivity contribution is 0.0621. The summed E-state index contributed by atoms with van der Waals surface area (Å²) in [6.45, 7) is 3.32. The van der Waals surface area contributed by atoms with Crippen molar-refractivity contribution in [3.05, 3.63) is 29.6 Å². The zero-order valence-electron chi connectivity index (χ0n) is 12.0. The third-order valence-electron chi connectivity index (χ3n) is 3.96. The fourth-order valence-corrected chi connectivity index (χ4v) is 2.63. The van der Waals surface area contributed by atoms with Gasteiger partial charge in [0.15, 0.2) is 0 Å². The third kappa shape index (κ3) is 3.41.